The van der Waals surface area contributed by atoms with E-state index in [0.29, 0.717) is 15.7 Å². The van der Waals surface area contributed by atoms with E-state index in [4.69, 9.17) is 23.8 Å². The highest BCUT2D eigenvalue weighted by molar-refractivity contribution is 7.80. The Morgan fingerprint density at radius 3 is 2.33 bits per heavy atom. The van der Waals surface area contributed by atoms with Crippen LogP contribution in [0.3, 0.4) is 0 Å². The third kappa shape index (κ3) is 3.49. The molecule has 0 radical (unpaired) electrons. The Balaban J connectivity index is 2.69. The van der Waals surface area contributed by atoms with Crippen molar-refractivity contribution in [1.82, 2.24) is 10.2 Å². The normalized spacial score (nSPS) is 9.53. The van der Waals surface area contributed by atoms with Gasteiger partial charge in [-0.15, -0.1) is 0 Å². The van der Waals surface area contributed by atoms with Crippen LogP contribution in [-0.4, -0.2) is 30.0 Å². The number of rotatable bonds is 1. The highest BCUT2D eigenvalue weighted by Crippen LogP contribution is 2.09. The Bertz CT molecular complexity index is 376. The maximum Gasteiger partial charge on any atom is 0.257 e. The molecule has 0 aromatic heterocycles. The van der Waals surface area contributed by atoms with Crippen LogP contribution < -0.4 is 5.32 Å². The van der Waals surface area contributed by atoms with Crippen LogP contribution >= 0.6 is 23.8 Å². The number of halogens is 1. The molecule has 0 aliphatic heterocycles. The molecule has 1 amide bonds. The number of hydrogen-bond donors (Lipinski definition) is 1. The van der Waals surface area contributed by atoms with Crippen molar-refractivity contribution in [2.45, 2.75) is 0 Å². The molecule has 0 fully saturated rings. The summed E-state index contributed by atoms with van der Waals surface area (Å²) in [6.45, 7) is 0. The Hall–Kier alpha value is -1.13. The Labute approximate surface area is 99.0 Å². The number of benzene rings is 1. The second-order valence-electron chi connectivity index (χ2n) is 3.16. The van der Waals surface area contributed by atoms with Gasteiger partial charge in [-0.2, -0.15) is 0 Å². The summed E-state index contributed by atoms with van der Waals surface area (Å²) in [7, 11) is 3.54. The third-order valence-electron chi connectivity index (χ3n) is 1.73. The van der Waals surface area contributed by atoms with Gasteiger partial charge in [0.25, 0.3) is 5.91 Å². The molecule has 0 aliphatic carbocycles. The average Bonchev–Trinajstić information content (AvgIpc) is 2.18. The molecule has 0 saturated carbocycles. The number of carbonyl (C=O) groups excluding carboxylic acids is 1. The van der Waals surface area contributed by atoms with E-state index < -0.39 is 0 Å². The van der Waals surface area contributed by atoms with Gasteiger partial charge in [0.2, 0.25) is 0 Å². The van der Waals surface area contributed by atoms with Crippen molar-refractivity contribution in [3.63, 3.8) is 0 Å². The van der Waals surface area contributed by atoms with E-state index in [1.54, 1.807) is 43.3 Å². The molecule has 3 nitrogen and oxygen atoms in total. The maximum absolute atomic E-state index is 11.6. The Kier molecular flexibility index (Phi) is 4.05. The molecule has 1 aromatic carbocycles. The van der Waals surface area contributed by atoms with Crippen LogP contribution in [0.1, 0.15) is 10.4 Å². The maximum atomic E-state index is 11.6. The standard InChI is InChI=1S/C10H11ClN2OS/c1-13(2)10(15)12-9(14)7-3-5-8(11)6-4-7/h3-6H,1-2H3,(H,12,14,15). The largest absolute Gasteiger partial charge is 0.355 e. The van der Waals surface area contributed by atoms with Crippen molar-refractivity contribution in [1.29, 1.82) is 0 Å². The monoisotopic (exact) mass is 242 g/mol. The van der Waals surface area contributed by atoms with Crippen molar-refractivity contribution >= 4 is 34.8 Å². The van der Waals surface area contributed by atoms with Crippen molar-refractivity contribution in [3.05, 3.63) is 34.9 Å². The minimum atomic E-state index is -0.231. The molecule has 0 bridgehead atoms. The van der Waals surface area contributed by atoms with Crippen LogP contribution in [0, 0.1) is 0 Å². The van der Waals surface area contributed by atoms with Crippen molar-refractivity contribution in [2.75, 3.05) is 14.1 Å². The van der Waals surface area contributed by atoms with Gasteiger partial charge in [-0.05, 0) is 36.5 Å². The van der Waals surface area contributed by atoms with Crippen LogP contribution in [0.15, 0.2) is 24.3 Å². The zero-order valence-electron chi connectivity index (χ0n) is 8.45. The van der Waals surface area contributed by atoms with Gasteiger partial charge in [-0.1, -0.05) is 11.6 Å². The molecule has 1 aromatic rings. The van der Waals surface area contributed by atoms with Gasteiger partial charge in [-0.3, -0.25) is 10.1 Å². The molecule has 0 aliphatic rings. The second kappa shape index (κ2) is 5.09. The molecule has 0 spiro atoms. The molecule has 0 saturated heterocycles. The quantitative estimate of drug-likeness (QED) is 0.764. The number of carbonyl (C=O) groups is 1. The summed E-state index contributed by atoms with van der Waals surface area (Å²) in [5, 5.41) is 3.57. The lowest BCUT2D eigenvalue weighted by molar-refractivity contribution is 0.0974. The first-order chi connectivity index (χ1) is 7.00. The summed E-state index contributed by atoms with van der Waals surface area (Å²) < 4.78 is 0. The third-order valence-corrected chi connectivity index (χ3v) is 2.45. The van der Waals surface area contributed by atoms with Gasteiger partial charge in [0, 0.05) is 24.7 Å². The lowest BCUT2D eigenvalue weighted by Gasteiger charge is -2.14. The number of hydrogen-bond acceptors (Lipinski definition) is 2. The summed E-state index contributed by atoms with van der Waals surface area (Å²) in [5.74, 6) is -0.231. The average molecular weight is 243 g/mol. The minimum Gasteiger partial charge on any atom is -0.355 e. The van der Waals surface area contributed by atoms with Crippen LogP contribution in [0.4, 0.5) is 0 Å². The van der Waals surface area contributed by atoms with E-state index in [2.05, 4.69) is 5.32 Å². The number of thiocarbonyl (C=S) groups is 1. The van der Waals surface area contributed by atoms with E-state index in [-0.39, 0.29) is 5.91 Å². The number of nitrogens with zero attached hydrogens (tertiary/aromatic N) is 1. The van der Waals surface area contributed by atoms with Crippen molar-refractivity contribution in [3.8, 4) is 0 Å². The Morgan fingerprint density at radius 2 is 1.87 bits per heavy atom. The smallest absolute Gasteiger partial charge is 0.257 e. The molecular weight excluding hydrogens is 232 g/mol. The molecule has 5 heteroatoms. The first kappa shape index (κ1) is 11.9. The van der Waals surface area contributed by atoms with Crippen LogP contribution in [0.2, 0.25) is 5.02 Å². The van der Waals surface area contributed by atoms with E-state index >= 15 is 0 Å². The Morgan fingerprint density at radius 1 is 1.33 bits per heavy atom. The molecule has 80 valence electrons. The first-order valence-corrected chi connectivity index (χ1v) is 5.07. The molecule has 0 heterocycles. The van der Waals surface area contributed by atoms with Gasteiger partial charge < -0.3 is 4.90 Å². The molecule has 1 N–H and O–H groups in total. The molecule has 0 atom stereocenters. The fraction of sp³-hybridized carbons (Fsp3) is 0.200. The first-order valence-electron chi connectivity index (χ1n) is 4.29. The topological polar surface area (TPSA) is 32.3 Å². The van der Waals surface area contributed by atoms with E-state index in [1.165, 1.54) is 0 Å². The summed E-state index contributed by atoms with van der Waals surface area (Å²) in [5.41, 5.74) is 0.531. The molecular formula is C10H11ClN2OS. The lowest BCUT2D eigenvalue weighted by atomic mass is 10.2. The van der Waals surface area contributed by atoms with Crippen LogP contribution in [-0.2, 0) is 0 Å². The van der Waals surface area contributed by atoms with Crippen molar-refractivity contribution in [2.24, 2.45) is 0 Å². The number of amides is 1. The van der Waals surface area contributed by atoms with E-state index in [0.717, 1.165) is 0 Å². The summed E-state index contributed by atoms with van der Waals surface area (Å²) >= 11 is 10.7. The number of nitrogens with one attached hydrogen (secondary N) is 1. The van der Waals surface area contributed by atoms with Gasteiger partial charge >= 0.3 is 0 Å². The second-order valence-corrected chi connectivity index (χ2v) is 3.98. The summed E-state index contributed by atoms with van der Waals surface area (Å²) in [6.07, 6.45) is 0. The predicted octanol–water partition coefficient (Wildman–Crippen LogP) is 1.92. The lowest BCUT2D eigenvalue weighted by Crippen LogP contribution is -2.38. The van der Waals surface area contributed by atoms with E-state index in [9.17, 15) is 4.79 Å². The molecule has 1 rings (SSSR count). The summed E-state index contributed by atoms with van der Waals surface area (Å²) in [4.78, 5) is 13.3. The van der Waals surface area contributed by atoms with Crippen molar-refractivity contribution < 1.29 is 4.79 Å². The van der Waals surface area contributed by atoms with Crippen LogP contribution in [0.25, 0.3) is 0 Å². The van der Waals surface area contributed by atoms with Crippen LogP contribution in [0.5, 0.6) is 0 Å². The fourth-order valence-corrected chi connectivity index (χ4v) is 1.10. The summed E-state index contributed by atoms with van der Waals surface area (Å²) in [6, 6.07) is 6.62. The fourth-order valence-electron chi connectivity index (χ4n) is 0.882. The van der Waals surface area contributed by atoms with Gasteiger partial charge in [0.15, 0.2) is 5.11 Å². The highest BCUT2D eigenvalue weighted by atomic mass is 35.5. The van der Waals surface area contributed by atoms with Gasteiger partial charge in [-0.25, -0.2) is 0 Å². The van der Waals surface area contributed by atoms with E-state index in [1.807, 2.05) is 0 Å². The molecule has 15 heavy (non-hydrogen) atoms. The van der Waals surface area contributed by atoms with Gasteiger partial charge in [0.1, 0.15) is 0 Å². The SMILES string of the molecule is CN(C)C(=S)NC(=O)c1ccc(Cl)cc1. The zero-order valence-corrected chi connectivity index (χ0v) is 10.0. The zero-order chi connectivity index (χ0) is 11.4. The van der Waals surface area contributed by atoms with Gasteiger partial charge in [0.05, 0.1) is 0 Å². The highest BCUT2D eigenvalue weighted by Gasteiger charge is 2.08. The minimum absolute atomic E-state index is 0.231. The predicted molar refractivity (Wildman–Crippen MR) is 65.2 cm³/mol. The molecule has 0 unspecified atom stereocenters.